The Bertz CT molecular complexity index is 424. The van der Waals surface area contributed by atoms with Crippen molar-refractivity contribution in [2.75, 3.05) is 0 Å². The smallest absolute Gasteiger partial charge is 0.270 e. The molecule has 0 bridgehead atoms. The van der Waals surface area contributed by atoms with E-state index in [2.05, 4.69) is 0 Å². The number of benzene rings is 1. The van der Waals surface area contributed by atoms with E-state index < -0.39 is 4.92 Å². The summed E-state index contributed by atoms with van der Waals surface area (Å²) in [5.74, 6) is -0.126. The van der Waals surface area contributed by atoms with Crippen LogP contribution >= 0.6 is 0 Å². The van der Waals surface area contributed by atoms with Crippen LogP contribution in [0.1, 0.15) is 35.3 Å². The Labute approximate surface area is 88.1 Å². The first-order valence-corrected chi connectivity index (χ1v) is 4.76. The quantitative estimate of drug-likeness (QED) is 0.435. The Morgan fingerprint density at radius 3 is 2.47 bits per heavy atom. The van der Waals surface area contributed by atoms with Crippen LogP contribution in [0.2, 0.25) is 0 Å². The van der Waals surface area contributed by atoms with E-state index in [9.17, 15) is 14.9 Å². The molecule has 0 amide bonds. The van der Waals surface area contributed by atoms with Gasteiger partial charge in [-0.2, -0.15) is 0 Å². The first-order chi connectivity index (χ1) is 6.97. The molecule has 4 nitrogen and oxygen atoms in total. The molecule has 4 heteroatoms. The van der Waals surface area contributed by atoms with Crippen LogP contribution in [0.5, 0.6) is 0 Å². The lowest BCUT2D eigenvalue weighted by atomic mass is 9.96. The molecule has 80 valence electrons. The molecule has 1 rings (SSSR count). The third kappa shape index (κ3) is 2.21. The number of nitro groups is 1. The van der Waals surface area contributed by atoms with E-state index in [1.165, 1.54) is 19.1 Å². The van der Waals surface area contributed by atoms with Crippen LogP contribution in [-0.4, -0.2) is 10.7 Å². The van der Waals surface area contributed by atoms with Gasteiger partial charge < -0.3 is 0 Å². The van der Waals surface area contributed by atoms with Gasteiger partial charge in [0.15, 0.2) is 5.78 Å². The fourth-order valence-corrected chi connectivity index (χ4v) is 1.69. The first kappa shape index (κ1) is 11.4. The number of carbonyl (C=O) groups is 1. The summed E-state index contributed by atoms with van der Waals surface area (Å²) in [5, 5.41) is 10.6. The van der Waals surface area contributed by atoms with Crippen LogP contribution < -0.4 is 0 Å². The number of ketones is 1. The SMILES string of the molecule is CCc1c(C)cc([N+](=O)[O-])cc1C(C)=O. The molecule has 0 aliphatic carbocycles. The zero-order valence-electron chi connectivity index (χ0n) is 9.03. The van der Waals surface area contributed by atoms with Crippen LogP contribution in [0.25, 0.3) is 0 Å². The summed E-state index contributed by atoms with van der Waals surface area (Å²) in [7, 11) is 0. The zero-order valence-corrected chi connectivity index (χ0v) is 9.03. The molecular formula is C11H13NO3. The molecule has 0 aliphatic heterocycles. The van der Waals surface area contributed by atoms with Gasteiger partial charge in [-0.25, -0.2) is 0 Å². The molecule has 0 N–H and O–H groups in total. The number of hydrogen-bond donors (Lipinski definition) is 0. The van der Waals surface area contributed by atoms with Crippen molar-refractivity contribution in [3.05, 3.63) is 38.9 Å². The summed E-state index contributed by atoms with van der Waals surface area (Å²) in [5.41, 5.74) is 2.14. The predicted octanol–water partition coefficient (Wildman–Crippen LogP) is 2.67. The van der Waals surface area contributed by atoms with Gasteiger partial charge in [-0.05, 0) is 31.4 Å². The second kappa shape index (κ2) is 4.21. The number of Topliss-reactive ketones (excluding diaryl/α,β-unsaturated/α-hetero) is 1. The van der Waals surface area contributed by atoms with Crippen molar-refractivity contribution in [2.24, 2.45) is 0 Å². The molecule has 0 spiro atoms. The van der Waals surface area contributed by atoms with E-state index in [-0.39, 0.29) is 11.5 Å². The first-order valence-electron chi connectivity index (χ1n) is 4.76. The van der Waals surface area contributed by atoms with E-state index in [4.69, 9.17) is 0 Å². The van der Waals surface area contributed by atoms with Crippen molar-refractivity contribution in [1.82, 2.24) is 0 Å². The van der Waals surface area contributed by atoms with E-state index in [0.717, 1.165) is 11.1 Å². The number of non-ortho nitro benzene ring substituents is 1. The third-order valence-corrected chi connectivity index (χ3v) is 2.40. The highest BCUT2D eigenvalue weighted by Crippen LogP contribution is 2.23. The predicted molar refractivity (Wildman–Crippen MR) is 57.2 cm³/mol. The van der Waals surface area contributed by atoms with Crippen molar-refractivity contribution in [3.8, 4) is 0 Å². The second-order valence-corrected chi connectivity index (χ2v) is 3.46. The Balaban J connectivity index is 3.45. The summed E-state index contributed by atoms with van der Waals surface area (Å²) >= 11 is 0. The summed E-state index contributed by atoms with van der Waals surface area (Å²) in [4.78, 5) is 21.5. The summed E-state index contributed by atoms with van der Waals surface area (Å²) in [6.07, 6.45) is 0.707. The second-order valence-electron chi connectivity index (χ2n) is 3.46. The van der Waals surface area contributed by atoms with Crippen molar-refractivity contribution in [3.63, 3.8) is 0 Å². The maximum atomic E-state index is 11.3. The molecule has 15 heavy (non-hydrogen) atoms. The summed E-state index contributed by atoms with van der Waals surface area (Å²) < 4.78 is 0. The number of aryl methyl sites for hydroxylation is 1. The monoisotopic (exact) mass is 207 g/mol. The number of carbonyl (C=O) groups excluding carboxylic acids is 1. The van der Waals surface area contributed by atoms with Gasteiger partial charge in [0.05, 0.1) is 4.92 Å². The molecule has 0 fully saturated rings. The van der Waals surface area contributed by atoms with Gasteiger partial charge in [0.25, 0.3) is 5.69 Å². The van der Waals surface area contributed by atoms with Crippen LogP contribution in [-0.2, 0) is 6.42 Å². The minimum atomic E-state index is -0.473. The normalized spacial score (nSPS) is 10.1. The lowest BCUT2D eigenvalue weighted by molar-refractivity contribution is -0.384. The average molecular weight is 207 g/mol. The molecule has 0 aliphatic rings. The third-order valence-electron chi connectivity index (χ3n) is 2.40. The van der Waals surface area contributed by atoms with Crippen LogP contribution in [0.4, 0.5) is 5.69 Å². The van der Waals surface area contributed by atoms with Gasteiger partial charge in [-0.1, -0.05) is 6.92 Å². The Morgan fingerprint density at radius 1 is 1.47 bits per heavy atom. The maximum Gasteiger partial charge on any atom is 0.270 e. The Kier molecular flexibility index (Phi) is 3.19. The van der Waals surface area contributed by atoms with Gasteiger partial charge in [0.2, 0.25) is 0 Å². The van der Waals surface area contributed by atoms with E-state index >= 15 is 0 Å². The zero-order chi connectivity index (χ0) is 11.6. The van der Waals surface area contributed by atoms with Gasteiger partial charge in [-0.15, -0.1) is 0 Å². The summed E-state index contributed by atoms with van der Waals surface area (Å²) in [6, 6.07) is 2.86. The highest BCUT2D eigenvalue weighted by Gasteiger charge is 2.15. The van der Waals surface area contributed by atoms with Gasteiger partial charge in [0.1, 0.15) is 0 Å². The minimum Gasteiger partial charge on any atom is -0.294 e. The van der Waals surface area contributed by atoms with Gasteiger partial charge in [0, 0.05) is 17.7 Å². The van der Waals surface area contributed by atoms with Crippen LogP contribution in [0.3, 0.4) is 0 Å². The largest absolute Gasteiger partial charge is 0.294 e. The minimum absolute atomic E-state index is 0.0186. The van der Waals surface area contributed by atoms with Crippen LogP contribution in [0, 0.1) is 17.0 Å². The molecule has 0 atom stereocenters. The fraction of sp³-hybridized carbons (Fsp3) is 0.364. The molecule has 0 unspecified atom stereocenters. The molecular weight excluding hydrogens is 194 g/mol. The van der Waals surface area contributed by atoms with Crippen LogP contribution in [0.15, 0.2) is 12.1 Å². The lowest BCUT2D eigenvalue weighted by Crippen LogP contribution is -2.03. The molecule has 0 saturated heterocycles. The van der Waals surface area contributed by atoms with E-state index in [1.807, 2.05) is 6.92 Å². The van der Waals surface area contributed by atoms with Crippen molar-refractivity contribution < 1.29 is 9.72 Å². The van der Waals surface area contributed by atoms with Crippen molar-refractivity contribution >= 4 is 11.5 Å². The molecule has 1 aromatic carbocycles. The highest BCUT2D eigenvalue weighted by molar-refractivity contribution is 5.96. The van der Waals surface area contributed by atoms with E-state index in [0.29, 0.717) is 12.0 Å². The molecule has 0 aromatic heterocycles. The number of hydrogen-bond acceptors (Lipinski definition) is 3. The number of nitro benzene ring substituents is 1. The van der Waals surface area contributed by atoms with Crippen molar-refractivity contribution in [1.29, 1.82) is 0 Å². The topological polar surface area (TPSA) is 60.2 Å². The van der Waals surface area contributed by atoms with Gasteiger partial charge >= 0.3 is 0 Å². The number of rotatable bonds is 3. The van der Waals surface area contributed by atoms with Gasteiger partial charge in [-0.3, -0.25) is 14.9 Å². The number of nitrogens with zero attached hydrogens (tertiary/aromatic N) is 1. The molecule has 0 heterocycles. The Hall–Kier alpha value is -1.71. The fourth-order valence-electron chi connectivity index (χ4n) is 1.69. The Morgan fingerprint density at radius 2 is 2.07 bits per heavy atom. The molecule has 0 radical (unpaired) electrons. The highest BCUT2D eigenvalue weighted by atomic mass is 16.6. The standard InChI is InChI=1S/C11H13NO3/c1-4-10-7(2)5-9(12(14)15)6-11(10)8(3)13/h5-6H,4H2,1-3H3. The maximum absolute atomic E-state index is 11.3. The van der Waals surface area contributed by atoms with E-state index in [1.54, 1.807) is 6.92 Å². The summed E-state index contributed by atoms with van der Waals surface area (Å²) in [6.45, 7) is 5.15. The average Bonchev–Trinajstić information content (AvgIpc) is 2.16. The molecule has 1 aromatic rings. The molecule has 0 saturated carbocycles. The lowest BCUT2D eigenvalue weighted by Gasteiger charge is -2.08. The van der Waals surface area contributed by atoms with Crippen molar-refractivity contribution in [2.45, 2.75) is 27.2 Å².